The third-order valence-corrected chi connectivity index (χ3v) is 5.37. The third-order valence-electron chi connectivity index (χ3n) is 5.37. The van der Waals surface area contributed by atoms with E-state index in [0.717, 1.165) is 18.4 Å². The molecule has 2 atom stereocenters. The Hall–Kier alpha value is -1.89. The zero-order chi connectivity index (χ0) is 14.7. The number of ketones is 1. The Labute approximate surface area is 126 Å². The molecule has 4 rings (SSSR count). The van der Waals surface area contributed by atoms with Crippen LogP contribution in [-0.4, -0.2) is 5.78 Å². The van der Waals surface area contributed by atoms with E-state index < -0.39 is 0 Å². The van der Waals surface area contributed by atoms with Gasteiger partial charge in [0.1, 0.15) is 0 Å². The predicted octanol–water partition coefficient (Wildman–Crippen LogP) is 4.50. The number of fused-ring (bicyclic) bond motifs is 5. The van der Waals surface area contributed by atoms with E-state index in [9.17, 15) is 4.79 Å². The van der Waals surface area contributed by atoms with Crippen LogP contribution in [0.5, 0.6) is 0 Å². The summed E-state index contributed by atoms with van der Waals surface area (Å²) in [5, 5.41) is 0. The maximum atomic E-state index is 12.8. The molecule has 106 valence electrons. The number of Topliss-reactive ketones (excluding diaryl/α,β-unsaturated/α-hetero) is 1. The van der Waals surface area contributed by atoms with Gasteiger partial charge in [0.2, 0.25) is 0 Å². The number of hydrogen-bond acceptors (Lipinski definition) is 1. The second kappa shape index (κ2) is 4.30. The molecular formula is C20H20O. The van der Waals surface area contributed by atoms with Crippen LogP contribution in [-0.2, 0) is 6.42 Å². The predicted molar refractivity (Wildman–Crippen MR) is 85.1 cm³/mol. The number of rotatable bonds is 0. The second-order valence-corrected chi connectivity index (χ2v) is 6.67. The van der Waals surface area contributed by atoms with Gasteiger partial charge >= 0.3 is 0 Å². The van der Waals surface area contributed by atoms with Crippen LogP contribution in [0.4, 0.5) is 0 Å². The van der Waals surface area contributed by atoms with E-state index in [1.165, 1.54) is 33.4 Å². The molecule has 0 saturated carbocycles. The number of carbonyl (C=O) groups excluding carboxylic acids is 1. The fourth-order valence-corrected chi connectivity index (χ4v) is 4.33. The van der Waals surface area contributed by atoms with Gasteiger partial charge in [0, 0.05) is 17.4 Å². The van der Waals surface area contributed by atoms with Gasteiger partial charge in [-0.1, -0.05) is 29.8 Å². The molecule has 0 amide bonds. The summed E-state index contributed by atoms with van der Waals surface area (Å²) in [6.45, 7) is 6.46. The first-order valence-electron chi connectivity index (χ1n) is 7.81. The van der Waals surface area contributed by atoms with Crippen LogP contribution >= 0.6 is 0 Å². The lowest BCUT2D eigenvalue weighted by atomic mass is 9.72. The molecule has 2 aromatic carbocycles. The Morgan fingerprint density at radius 1 is 1.00 bits per heavy atom. The highest BCUT2D eigenvalue weighted by molar-refractivity contribution is 6.04. The number of benzene rings is 2. The van der Waals surface area contributed by atoms with Crippen molar-refractivity contribution in [1.29, 1.82) is 0 Å². The van der Waals surface area contributed by atoms with Crippen LogP contribution in [0.1, 0.15) is 56.1 Å². The van der Waals surface area contributed by atoms with Gasteiger partial charge in [-0.3, -0.25) is 4.79 Å². The minimum absolute atomic E-state index is 0.162. The van der Waals surface area contributed by atoms with Crippen molar-refractivity contribution in [3.05, 3.63) is 69.3 Å². The maximum absolute atomic E-state index is 12.8. The van der Waals surface area contributed by atoms with Gasteiger partial charge in [0.15, 0.2) is 5.78 Å². The smallest absolute Gasteiger partial charge is 0.167 e. The van der Waals surface area contributed by atoms with E-state index in [4.69, 9.17) is 0 Å². The molecule has 0 aromatic heterocycles. The van der Waals surface area contributed by atoms with Crippen LogP contribution < -0.4 is 0 Å². The highest BCUT2D eigenvalue weighted by Gasteiger charge is 2.44. The zero-order valence-corrected chi connectivity index (χ0v) is 12.9. The fourth-order valence-electron chi connectivity index (χ4n) is 4.33. The molecule has 2 aliphatic carbocycles. The second-order valence-electron chi connectivity index (χ2n) is 6.67. The van der Waals surface area contributed by atoms with Gasteiger partial charge in [-0.05, 0) is 67.5 Å². The summed E-state index contributed by atoms with van der Waals surface area (Å²) in [6.07, 6.45) is 2.04. The van der Waals surface area contributed by atoms with Crippen molar-refractivity contribution < 1.29 is 4.79 Å². The summed E-state index contributed by atoms with van der Waals surface area (Å²) in [4.78, 5) is 12.8. The molecule has 2 aliphatic rings. The van der Waals surface area contributed by atoms with Gasteiger partial charge in [-0.25, -0.2) is 0 Å². The van der Waals surface area contributed by atoms with Gasteiger partial charge in [0.25, 0.3) is 0 Å². The standard InChI is InChI=1S/C20H20O/c1-11-4-7-15-17(10-11)20(21)16-9-8-14-12(2)5-6-13(3)18(14)19(15)16/h4-7,10,16,19H,8-9H2,1-3H3/t16-,19-/m0/s1. The van der Waals surface area contributed by atoms with Crippen LogP contribution in [0.25, 0.3) is 0 Å². The van der Waals surface area contributed by atoms with Gasteiger partial charge in [0.05, 0.1) is 0 Å². The van der Waals surface area contributed by atoms with E-state index in [-0.39, 0.29) is 11.8 Å². The number of aryl methyl sites for hydroxylation is 3. The van der Waals surface area contributed by atoms with Gasteiger partial charge in [-0.15, -0.1) is 0 Å². The summed E-state index contributed by atoms with van der Waals surface area (Å²) < 4.78 is 0. The normalized spacial score (nSPS) is 22.7. The molecule has 0 unspecified atom stereocenters. The lowest BCUT2D eigenvalue weighted by molar-refractivity contribution is 0.0919. The van der Waals surface area contributed by atoms with Crippen LogP contribution in [0.2, 0.25) is 0 Å². The number of hydrogen-bond donors (Lipinski definition) is 0. The molecular weight excluding hydrogens is 256 g/mol. The Balaban J connectivity index is 2.00. The van der Waals surface area contributed by atoms with E-state index in [1.807, 2.05) is 0 Å². The van der Waals surface area contributed by atoms with Crippen LogP contribution in [0, 0.1) is 26.7 Å². The molecule has 0 radical (unpaired) electrons. The summed E-state index contributed by atoms with van der Waals surface area (Å²) in [5.74, 6) is 0.816. The van der Waals surface area contributed by atoms with E-state index >= 15 is 0 Å². The first-order chi connectivity index (χ1) is 10.1. The molecule has 21 heavy (non-hydrogen) atoms. The highest BCUT2D eigenvalue weighted by Crippen LogP contribution is 2.50. The molecule has 0 heterocycles. The van der Waals surface area contributed by atoms with Crippen molar-refractivity contribution in [3.8, 4) is 0 Å². The van der Waals surface area contributed by atoms with Crippen molar-refractivity contribution in [2.45, 2.75) is 39.5 Å². The topological polar surface area (TPSA) is 17.1 Å². The average molecular weight is 276 g/mol. The highest BCUT2D eigenvalue weighted by atomic mass is 16.1. The van der Waals surface area contributed by atoms with E-state index in [2.05, 4.69) is 51.1 Å². The molecule has 2 aromatic rings. The Kier molecular flexibility index (Phi) is 2.63. The molecule has 0 bridgehead atoms. The lowest BCUT2D eigenvalue weighted by Crippen LogP contribution is -2.23. The molecule has 0 spiro atoms. The van der Waals surface area contributed by atoms with Gasteiger partial charge < -0.3 is 0 Å². The van der Waals surface area contributed by atoms with E-state index in [0.29, 0.717) is 5.78 Å². The summed E-state index contributed by atoms with van der Waals surface area (Å²) >= 11 is 0. The molecule has 0 fully saturated rings. The van der Waals surface area contributed by atoms with Crippen molar-refractivity contribution in [1.82, 2.24) is 0 Å². The van der Waals surface area contributed by atoms with Crippen molar-refractivity contribution in [2.24, 2.45) is 5.92 Å². The van der Waals surface area contributed by atoms with Crippen molar-refractivity contribution in [2.75, 3.05) is 0 Å². The molecule has 0 N–H and O–H groups in total. The Morgan fingerprint density at radius 3 is 2.57 bits per heavy atom. The molecule has 1 nitrogen and oxygen atoms in total. The van der Waals surface area contributed by atoms with E-state index in [1.54, 1.807) is 0 Å². The lowest BCUT2D eigenvalue weighted by Gasteiger charge is -2.31. The van der Waals surface area contributed by atoms with Crippen LogP contribution in [0.3, 0.4) is 0 Å². The van der Waals surface area contributed by atoms with Crippen LogP contribution in [0.15, 0.2) is 30.3 Å². The largest absolute Gasteiger partial charge is 0.294 e. The Morgan fingerprint density at radius 2 is 1.76 bits per heavy atom. The minimum Gasteiger partial charge on any atom is -0.294 e. The fraction of sp³-hybridized carbons (Fsp3) is 0.350. The first-order valence-corrected chi connectivity index (χ1v) is 7.81. The summed E-state index contributed by atoms with van der Waals surface area (Å²) in [5.41, 5.74) is 9.04. The summed E-state index contributed by atoms with van der Waals surface area (Å²) in [6, 6.07) is 10.9. The molecule has 0 aliphatic heterocycles. The van der Waals surface area contributed by atoms with Gasteiger partial charge in [-0.2, -0.15) is 0 Å². The molecule has 0 saturated heterocycles. The monoisotopic (exact) mass is 276 g/mol. The molecule has 1 heteroatoms. The van der Waals surface area contributed by atoms with Crippen molar-refractivity contribution in [3.63, 3.8) is 0 Å². The Bertz CT molecular complexity index is 770. The third kappa shape index (κ3) is 1.67. The summed E-state index contributed by atoms with van der Waals surface area (Å²) in [7, 11) is 0. The average Bonchev–Trinajstić information content (AvgIpc) is 2.76. The zero-order valence-electron chi connectivity index (χ0n) is 12.9. The first kappa shape index (κ1) is 12.8. The minimum atomic E-state index is 0.162. The SMILES string of the molecule is Cc1ccc2c(c1)C(=O)[C@H]1CCc3c(C)ccc(C)c3[C@@H]21. The quantitative estimate of drug-likeness (QED) is 0.692. The van der Waals surface area contributed by atoms with Crippen molar-refractivity contribution >= 4 is 5.78 Å². The maximum Gasteiger partial charge on any atom is 0.167 e. The number of carbonyl (C=O) groups is 1.